The molecule has 0 atom stereocenters. The molecule has 144 valence electrons. The van der Waals surface area contributed by atoms with Gasteiger partial charge in [0.25, 0.3) is 0 Å². The molecule has 0 bridgehead atoms. The third-order valence-electron chi connectivity index (χ3n) is 6.07. The van der Waals surface area contributed by atoms with Crippen molar-refractivity contribution in [2.75, 3.05) is 0 Å². The van der Waals surface area contributed by atoms with Crippen molar-refractivity contribution in [2.45, 2.75) is 50.6 Å². The van der Waals surface area contributed by atoms with E-state index >= 15 is 0 Å². The highest BCUT2D eigenvalue weighted by atomic mass is 35.5. The molecule has 0 amide bonds. The molecule has 2 heterocycles. The van der Waals surface area contributed by atoms with Gasteiger partial charge >= 0.3 is 0 Å². The summed E-state index contributed by atoms with van der Waals surface area (Å²) in [6.45, 7) is 1.47. The van der Waals surface area contributed by atoms with E-state index in [4.69, 9.17) is 11.6 Å². The summed E-state index contributed by atoms with van der Waals surface area (Å²) in [4.78, 5) is 0. The van der Waals surface area contributed by atoms with Gasteiger partial charge in [0, 0.05) is 17.5 Å². The molecule has 1 aromatic heterocycles. The minimum absolute atomic E-state index is 0.170. The van der Waals surface area contributed by atoms with E-state index in [1.807, 2.05) is 24.3 Å². The van der Waals surface area contributed by atoms with Crippen LogP contribution in [0.3, 0.4) is 0 Å². The van der Waals surface area contributed by atoms with E-state index in [9.17, 15) is 4.39 Å². The first-order valence-corrected chi connectivity index (χ1v) is 10.3. The average molecular weight is 397 g/mol. The molecule has 1 fully saturated rings. The normalized spacial score (nSPS) is 21.6. The lowest BCUT2D eigenvalue weighted by atomic mass is 9.78. The van der Waals surface area contributed by atoms with Crippen LogP contribution in [0.1, 0.15) is 60.3 Å². The van der Waals surface area contributed by atoms with Gasteiger partial charge in [-0.3, -0.25) is 4.57 Å². The van der Waals surface area contributed by atoms with Crippen LogP contribution in [-0.2, 0) is 13.1 Å². The Balaban J connectivity index is 1.41. The quantitative estimate of drug-likeness (QED) is 0.655. The summed E-state index contributed by atoms with van der Waals surface area (Å²) in [7, 11) is 0. The lowest BCUT2D eigenvalue weighted by Crippen LogP contribution is -2.17. The van der Waals surface area contributed by atoms with Crippen molar-refractivity contribution >= 4 is 11.6 Å². The molecule has 4 nitrogen and oxygen atoms in total. The van der Waals surface area contributed by atoms with Gasteiger partial charge in [0.05, 0.1) is 12.2 Å². The first-order valence-electron chi connectivity index (χ1n) is 9.88. The first-order chi connectivity index (χ1) is 13.7. The number of halogens is 2. The van der Waals surface area contributed by atoms with E-state index in [2.05, 4.69) is 26.1 Å². The maximum Gasteiger partial charge on any atom is 0.151 e. The fraction of sp³-hybridized carbons (Fsp3) is 0.364. The van der Waals surface area contributed by atoms with Gasteiger partial charge in [-0.15, -0.1) is 10.2 Å². The Kier molecular flexibility index (Phi) is 4.65. The Labute approximate surface area is 168 Å². The van der Waals surface area contributed by atoms with Crippen molar-refractivity contribution in [3.05, 3.63) is 76.1 Å². The molecular weight excluding hydrogens is 375 g/mol. The van der Waals surface area contributed by atoms with E-state index in [1.165, 1.54) is 11.1 Å². The van der Waals surface area contributed by atoms with Crippen molar-refractivity contribution in [3.8, 4) is 5.69 Å². The molecule has 2 aliphatic rings. The number of hydrogen-bond donors (Lipinski definition) is 1. The topological polar surface area (TPSA) is 42.7 Å². The molecule has 2 aromatic carbocycles. The summed E-state index contributed by atoms with van der Waals surface area (Å²) in [5, 5.41) is 13.2. The zero-order valence-corrected chi connectivity index (χ0v) is 16.3. The van der Waals surface area contributed by atoms with Crippen LogP contribution in [0.25, 0.3) is 5.69 Å². The summed E-state index contributed by atoms with van der Waals surface area (Å²) in [6.07, 6.45) is 4.31. The highest BCUT2D eigenvalue weighted by molar-refractivity contribution is 6.30. The molecule has 5 rings (SSSR count). The molecule has 0 saturated heterocycles. The molecular formula is C22H22ClFN4. The molecule has 6 heteroatoms. The zero-order valence-electron chi connectivity index (χ0n) is 15.5. The number of nitrogens with one attached hydrogen (secondary N) is 1. The minimum Gasteiger partial charge on any atom is -0.306 e. The average Bonchev–Trinajstić information content (AvgIpc) is 3.04. The van der Waals surface area contributed by atoms with Crippen LogP contribution >= 0.6 is 11.6 Å². The Morgan fingerprint density at radius 1 is 0.929 bits per heavy atom. The molecule has 28 heavy (non-hydrogen) atoms. The van der Waals surface area contributed by atoms with Gasteiger partial charge < -0.3 is 5.32 Å². The van der Waals surface area contributed by atoms with Crippen molar-refractivity contribution in [1.29, 1.82) is 0 Å². The van der Waals surface area contributed by atoms with Crippen molar-refractivity contribution in [3.63, 3.8) is 0 Å². The maximum absolute atomic E-state index is 13.2. The molecule has 3 aromatic rings. The van der Waals surface area contributed by atoms with E-state index in [1.54, 1.807) is 12.1 Å². The second kappa shape index (κ2) is 7.30. The number of rotatable bonds is 2. The molecule has 0 radical (unpaired) electrons. The van der Waals surface area contributed by atoms with Crippen LogP contribution in [0.4, 0.5) is 4.39 Å². The molecule has 1 saturated carbocycles. The molecule has 0 spiro atoms. The van der Waals surface area contributed by atoms with E-state index in [0.29, 0.717) is 18.4 Å². The van der Waals surface area contributed by atoms with Gasteiger partial charge in [-0.1, -0.05) is 23.7 Å². The fourth-order valence-corrected chi connectivity index (χ4v) is 4.81. The Morgan fingerprint density at radius 3 is 2.46 bits per heavy atom. The Hall–Kier alpha value is -2.24. The standard InChI is InChI=1S/C22H22ClFN4/c23-18-7-10-20-17(11-18)12-25-13-21-26-27-22(28(20)21)16-3-1-14(2-4-16)15-5-8-19(24)9-6-15/h5-11,14,16,25H,1-4,12-13H2. The van der Waals surface area contributed by atoms with Crippen LogP contribution in [0.5, 0.6) is 0 Å². The predicted octanol–water partition coefficient (Wildman–Crippen LogP) is 5.10. The summed E-state index contributed by atoms with van der Waals surface area (Å²) in [5.74, 6) is 2.73. The fourth-order valence-electron chi connectivity index (χ4n) is 4.61. The van der Waals surface area contributed by atoms with E-state index < -0.39 is 0 Å². The second-order valence-corrected chi connectivity index (χ2v) is 8.22. The highest BCUT2D eigenvalue weighted by Crippen LogP contribution is 2.41. The van der Waals surface area contributed by atoms with Crippen LogP contribution in [0.15, 0.2) is 42.5 Å². The minimum atomic E-state index is -0.170. The third-order valence-corrected chi connectivity index (χ3v) is 6.30. The van der Waals surface area contributed by atoms with Gasteiger partial charge in [-0.05, 0) is 73.1 Å². The SMILES string of the molecule is Fc1ccc(C2CCC(c3nnc4n3-c3ccc(Cl)cc3CNC4)CC2)cc1. The molecule has 0 unspecified atom stereocenters. The Bertz CT molecular complexity index is 990. The maximum atomic E-state index is 13.2. The third kappa shape index (κ3) is 3.23. The van der Waals surface area contributed by atoms with Crippen LogP contribution < -0.4 is 5.32 Å². The molecule has 1 aliphatic carbocycles. The second-order valence-electron chi connectivity index (χ2n) is 7.79. The summed E-state index contributed by atoms with van der Waals surface area (Å²) in [6, 6.07) is 13.0. The predicted molar refractivity (Wildman–Crippen MR) is 107 cm³/mol. The molecule has 1 N–H and O–H groups in total. The number of fused-ring (bicyclic) bond motifs is 3. The number of benzene rings is 2. The largest absolute Gasteiger partial charge is 0.306 e. The lowest BCUT2D eigenvalue weighted by Gasteiger charge is -2.28. The van der Waals surface area contributed by atoms with Crippen LogP contribution in [0, 0.1) is 5.82 Å². The summed E-state index contributed by atoms with van der Waals surface area (Å²) >= 11 is 6.21. The van der Waals surface area contributed by atoms with Gasteiger partial charge in [-0.25, -0.2) is 4.39 Å². The van der Waals surface area contributed by atoms with Crippen molar-refractivity contribution in [1.82, 2.24) is 20.1 Å². The lowest BCUT2D eigenvalue weighted by molar-refractivity contribution is 0.382. The van der Waals surface area contributed by atoms with Gasteiger partial charge in [0.15, 0.2) is 5.82 Å². The number of hydrogen-bond acceptors (Lipinski definition) is 3. The van der Waals surface area contributed by atoms with Gasteiger partial charge in [0.2, 0.25) is 0 Å². The molecule has 1 aliphatic heterocycles. The number of nitrogens with zero attached hydrogens (tertiary/aromatic N) is 3. The number of aromatic nitrogens is 3. The van der Waals surface area contributed by atoms with E-state index in [0.717, 1.165) is 54.6 Å². The smallest absolute Gasteiger partial charge is 0.151 e. The highest BCUT2D eigenvalue weighted by Gasteiger charge is 2.29. The van der Waals surface area contributed by atoms with Crippen molar-refractivity contribution < 1.29 is 4.39 Å². The zero-order chi connectivity index (χ0) is 19.1. The van der Waals surface area contributed by atoms with Gasteiger partial charge in [0.1, 0.15) is 11.6 Å². The van der Waals surface area contributed by atoms with Crippen molar-refractivity contribution in [2.24, 2.45) is 0 Å². The Morgan fingerprint density at radius 2 is 1.68 bits per heavy atom. The summed E-state index contributed by atoms with van der Waals surface area (Å²) in [5.41, 5.74) is 3.54. The van der Waals surface area contributed by atoms with Gasteiger partial charge in [-0.2, -0.15) is 0 Å². The summed E-state index contributed by atoms with van der Waals surface area (Å²) < 4.78 is 15.4. The monoisotopic (exact) mass is 396 g/mol. The van der Waals surface area contributed by atoms with Crippen LogP contribution in [-0.4, -0.2) is 14.8 Å². The first kappa shape index (κ1) is 17.8. The van der Waals surface area contributed by atoms with Crippen LogP contribution in [0.2, 0.25) is 5.02 Å². The van der Waals surface area contributed by atoms with E-state index in [-0.39, 0.29) is 5.82 Å².